The number of nitrogens with zero attached hydrogens (tertiary/aromatic N) is 2. The number of hydrogen-bond acceptors (Lipinski definition) is 5. The minimum absolute atomic E-state index is 0.519. The van der Waals surface area contributed by atoms with Gasteiger partial charge in [0.1, 0.15) is 11.6 Å². The molecule has 2 aromatic rings. The Labute approximate surface area is 100 Å². The highest BCUT2D eigenvalue weighted by atomic mass is 16.4. The molecule has 3 N–H and O–H groups in total. The van der Waals surface area contributed by atoms with E-state index in [1.165, 1.54) is 0 Å². The van der Waals surface area contributed by atoms with E-state index in [1.807, 2.05) is 32.9 Å². The van der Waals surface area contributed by atoms with Gasteiger partial charge in [0.15, 0.2) is 0 Å². The van der Waals surface area contributed by atoms with Gasteiger partial charge < -0.3 is 15.5 Å². The number of nitrogens with two attached hydrogens (primary N) is 1. The maximum atomic E-state index is 5.70. The lowest BCUT2D eigenvalue weighted by Crippen LogP contribution is -2.03. The Kier molecular flexibility index (Phi) is 2.99. The van der Waals surface area contributed by atoms with Crippen LogP contribution in [0.25, 0.3) is 0 Å². The lowest BCUT2D eigenvalue weighted by Gasteiger charge is -2.05. The Bertz CT molecular complexity index is 514. The van der Waals surface area contributed by atoms with Crippen LogP contribution in [0.2, 0.25) is 0 Å². The van der Waals surface area contributed by atoms with E-state index < -0.39 is 0 Å². The summed E-state index contributed by atoms with van der Waals surface area (Å²) in [7, 11) is 0. The Morgan fingerprint density at radius 2 is 1.94 bits per heavy atom. The lowest BCUT2D eigenvalue weighted by atomic mass is 10.3. The third-order valence-electron chi connectivity index (χ3n) is 2.62. The van der Waals surface area contributed by atoms with Crippen molar-refractivity contribution in [2.24, 2.45) is 0 Å². The third kappa shape index (κ3) is 2.55. The summed E-state index contributed by atoms with van der Waals surface area (Å²) in [6.07, 6.45) is 0. The largest absolute Gasteiger partial charge is 0.444 e. The fourth-order valence-corrected chi connectivity index (χ4v) is 1.45. The molecule has 0 aliphatic rings. The number of hydrogen-bond donors (Lipinski definition) is 2. The molecule has 5 heteroatoms. The fraction of sp³-hybridized carbons (Fsp3) is 0.333. The summed E-state index contributed by atoms with van der Waals surface area (Å²) >= 11 is 0. The molecule has 0 saturated heterocycles. The average molecular weight is 232 g/mol. The summed E-state index contributed by atoms with van der Waals surface area (Å²) in [5.41, 5.74) is 8.13. The molecule has 17 heavy (non-hydrogen) atoms. The second-order valence-electron chi connectivity index (χ2n) is 3.97. The van der Waals surface area contributed by atoms with E-state index in [0.717, 1.165) is 23.0 Å². The molecule has 2 aromatic heterocycles. The Morgan fingerprint density at radius 1 is 1.18 bits per heavy atom. The normalized spacial score (nSPS) is 10.5. The van der Waals surface area contributed by atoms with Gasteiger partial charge in [-0.05, 0) is 32.9 Å². The van der Waals surface area contributed by atoms with Crippen LogP contribution in [0.1, 0.15) is 23.0 Å². The molecule has 0 radical (unpaired) electrons. The number of nitrogen functional groups attached to an aromatic ring is 1. The first kappa shape index (κ1) is 11.4. The van der Waals surface area contributed by atoms with Crippen molar-refractivity contribution in [3.63, 3.8) is 0 Å². The molecular weight excluding hydrogens is 216 g/mol. The molecule has 2 heterocycles. The standard InChI is InChI=1S/C12H16N4O/c1-7-9(3)17-12(16-7)6-14-11-5-4-10(13)8(2)15-11/h4-5H,6,13H2,1-3H3,(H,14,15). The monoisotopic (exact) mass is 232 g/mol. The molecule has 0 fully saturated rings. The average Bonchev–Trinajstić information content (AvgIpc) is 2.60. The Balaban J connectivity index is 2.04. The van der Waals surface area contributed by atoms with E-state index in [-0.39, 0.29) is 0 Å². The third-order valence-corrected chi connectivity index (χ3v) is 2.62. The lowest BCUT2D eigenvalue weighted by molar-refractivity contribution is 0.478. The molecule has 0 aromatic carbocycles. The molecule has 0 spiro atoms. The van der Waals surface area contributed by atoms with E-state index in [0.29, 0.717) is 18.1 Å². The van der Waals surface area contributed by atoms with E-state index in [2.05, 4.69) is 15.3 Å². The summed E-state index contributed by atoms with van der Waals surface area (Å²) in [6.45, 7) is 6.22. The second kappa shape index (κ2) is 4.45. The van der Waals surface area contributed by atoms with Crippen LogP contribution in [0.4, 0.5) is 11.5 Å². The van der Waals surface area contributed by atoms with Crippen molar-refractivity contribution in [2.75, 3.05) is 11.1 Å². The smallest absolute Gasteiger partial charge is 0.213 e. The van der Waals surface area contributed by atoms with Gasteiger partial charge in [-0.15, -0.1) is 0 Å². The van der Waals surface area contributed by atoms with Gasteiger partial charge in [-0.1, -0.05) is 0 Å². The van der Waals surface area contributed by atoms with Crippen LogP contribution < -0.4 is 11.1 Å². The quantitative estimate of drug-likeness (QED) is 0.848. The number of pyridine rings is 1. The van der Waals surface area contributed by atoms with Gasteiger partial charge in [-0.25, -0.2) is 9.97 Å². The number of aryl methyl sites for hydroxylation is 3. The fourth-order valence-electron chi connectivity index (χ4n) is 1.45. The predicted molar refractivity (Wildman–Crippen MR) is 66.7 cm³/mol. The Hall–Kier alpha value is -2.04. The number of nitrogens with one attached hydrogen (secondary N) is 1. The zero-order valence-corrected chi connectivity index (χ0v) is 10.2. The minimum atomic E-state index is 0.519. The summed E-state index contributed by atoms with van der Waals surface area (Å²) in [6, 6.07) is 3.67. The van der Waals surface area contributed by atoms with Crippen molar-refractivity contribution >= 4 is 11.5 Å². The van der Waals surface area contributed by atoms with E-state index in [1.54, 1.807) is 0 Å². The maximum Gasteiger partial charge on any atom is 0.213 e. The first-order valence-electron chi connectivity index (χ1n) is 5.46. The van der Waals surface area contributed by atoms with Crippen LogP contribution in [-0.2, 0) is 6.54 Å². The molecule has 0 atom stereocenters. The minimum Gasteiger partial charge on any atom is -0.444 e. The number of aromatic nitrogens is 2. The van der Waals surface area contributed by atoms with E-state index in [4.69, 9.17) is 10.2 Å². The van der Waals surface area contributed by atoms with Crippen molar-refractivity contribution in [1.82, 2.24) is 9.97 Å². The highest BCUT2D eigenvalue weighted by molar-refractivity contribution is 5.48. The predicted octanol–water partition coefficient (Wildman–Crippen LogP) is 2.19. The molecule has 0 aliphatic carbocycles. The van der Waals surface area contributed by atoms with Gasteiger partial charge in [-0.2, -0.15) is 0 Å². The first-order valence-corrected chi connectivity index (χ1v) is 5.46. The van der Waals surface area contributed by atoms with Crippen molar-refractivity contribution in [3.8, 4) is 0 Å². The van der Waals surface area contributed by atoms with Crippen LogP contribution in [-0.4, -0.2) is 9.97 Å². The van der Waals surface area contributed by atoms with Gasteiger partial charge in [0.25, 0.3) is 0 Å². The molecule has 90 valence electrons. The van der Waals surface area contributed by atoms with Gasteiger partial charge in [-0.3, -0.25) is 0 Å². The molecule has 2 rings (SSSR count). The molecule has 0 amide bonds. The number of oxazole rings is 1. The van der Waals surface area contributed by atoms with Crippen molar-refractivity contribution in [1.29, 1.82) is 0 Å². The molecule has 5 nitrogen and oxygen atoms in total. The number of anilines is 2. The van der Waals surface area contributed by atoms with E-state index >= 15 is 0 Å². The first-order chi connectivity index (χ1) is 8.06. The molecular formula is C12H16N4O. The highest BCUT2D eigenvalue weighted by Crippen LogP contribution is 2.13. The van der Waals surface area contributed by atoms with Crippen molar-refractivity contribution < 1.29 is 4.42 Å². The van der Waals surface area contributed by atoms with Gasteiger partial charge >= 0.3 is 0 Å². The van der Waals surface area contributed by atoms with Crippen LogP contribution in [0.5, 0.6) is 0 Å². The maximum absolute atomic E-state index is 5.70. The molecule has 0 saturated carbocycles. The van der Waals surface area contributed by atoms with Crippen molar-refractivity contribution in [2.45, 2.75) is 27.3 Å². The van der Waals surface area contributed by atoms with Gasteiger partial charge in [0, 0.05) is 0 Å². The van der Waals surface area contributed by atoms with Gasteiger partial charge in [0.2, 0.25) is 5.89 Å². The zero-order chi connectivity index (χ0) is 12.4. The summed E-state index contributed by atoms with van der Waals surface area (Å²) in [4.78, 5) is 8.60. The van der Waals surface area contributed by atoms with Crippen LogP contribution in [0.3, 0.4) is 0 Å². The molecule has 0 aliphatic heterocycles. The Morgan fingerprint density at radius 3 is 2.53 bits per heavy atom. The number of rotatable bonds is 3. The van der Waals surface area contributed by atoms with Gasteiger partial charge in [0.05, 0.1) is 23.6 Å². The molecule has 0 bridgehead atoms. The summed E-state index contributed by atoms with van der Waals surface area (Å²) < 4.78 is 5.46. The molecule has 0 unspecified atom stereocenters. The topological polar surface area (TPSA) is 77.0 Å². The van der Waals surface area contributed by atoms with E-state index in [9.17, 15) is 0 Å². The van der Waals surface area contributed by atoms with Crippen molar-refractivity contribution in [3.05, 3.63) is 35.2 Å². The van der Waals surface area contributed by atoms with Crippen LogP contribution in [0, 0.1) is 20.8 Å². The SMILES string of the molecule is Cc1nc(NCc2nc(C)c(C)o2)ccc1N. The summed E-state index contributed by atoms with van der Waals surface area (Å²) in [5.74, 6) is 2.28. The highest BCUT2D eigenvalue weighted by Gasteiger charge is 2.05. The van der Waals surface area contributed by atoms with Crippen LogP contribution in [0.15, 0.2) is 16.5 Å². The second-order valence-corrected chi connectivity index (χ2v) is 3.97. The van der Waals surface area contributed by atoms with Crippen LogP contribution >= 0.6 is 0 Å². The summed E-state index contributed by atoms with van der Waals surface area (Å²) in [5, 5.41) is 3.15. The zero-order valence-electron chi connectivity index (χ0n) is 10.2.